The summed E-state index contributed by atoms with van der Waals surface area (Å²) in [6, 6.07) is 0. The molecule has 0 aromatic rings. The lowest BCUT2D eigenvalue weighted by Gasteiger charge is -1.99. The summed E-state index contributed by atoms with van der Waals surface area (Å²) in [5.41, 5.74) is 1.44. The molecule has 0 spiro atoms. The first-order chi connectivity index (χ1) is 6.92. The van der Waals surface area contributed by atoms with Gasteiger partial charge in [0.05, 0.1) is 17.8 Å². The van der Waals surface area contributed by atoms with E-state index in [1.165, 1.54) is 5.57 Å². The lowest BCUT2D eigenvalue weighted by Crippen LogP contribution is -2.02. The number of epoxide rings is 1. The zero-order valence-electron chi connectivity index (χ0n) is 10.2. The van der Waals surface area contributed by atoms with Crippen molar-refractivity contribution in [2.45, 2.75) is 58.3 Å². The molecule has 1 rings (SSSR count). The minimum Gasteiger partial charge on any atom is -0.389 e. The molecule has 2 heteroatoms. The molecule has 0 saturated carbocycles. The molecule has 1 aliphatic rings. The quantitative estimate of drug-likeness (QED) is 0.559. The summed E-state index contributed by atoms with van der Waals surface area (Å²) in [5.74, 6) is 0. The maximum absolute atomic E-state index is 9.03. The van der Waals surface area contributed by atoms with Crippen LogP contribution in [0.1, 0.15) is 40.5 Å². The number of aliphatic hydroxyl groups excluding tert-OH is 1. The van der Waals surface area contributed by atoms with E-state index in [9.17, 15) is 0 Å². The fraction of sp³-hybridized carbons (Fsp3) is 0.692. The van der Waals surface area contributed by atoms with Crippen molar-refractivity contribution in [3.63, 3.8) is 0 Å². The predicted octanol–water partition coefficient (Wildman–Crippen LogP) is 2.83. The molecule has 2 nitrogen and oxygen atoms in total. The van der Waals surface area contributed by atoms with Gasteiger partial charge in [0.25, 0.3) is 0 Å². The van der Waals surface area contributed by atoms with Crippen LogP contribution in [0.5, 0.6) is 0 Å². The Balaban J connectivity index is 2.21. The van der Waals surface area contributed by atoms with Crippen LogP contribution < -0.4 is 0 Å². The van der Waals surface area contributed by atoms with Gasteiger partial charge in [0.2, 0.25) is 0 Å². The molecule has 1 aliphatic heterocycles. The Morgan fingerprint density at radius 3 is 2.60 bits per heavy atom. The third-order valence-corrected chi connectivity index (χ3v) is 2.74. The van der Waals surface area contributed by atoms with Crippen LogP contribution in [0.4, 0.5) is 0 Å². The smallest absolute Gasteiger partial charge is 0.0892 e. The van der Waals surface area contributed by atoms with Gasteiger partial charge in [-0.3, -0.25) is 0 Å². The first kappa shape index (κ1) is 12.5. The fourth-order valence-electron chi connectivity index (χ4n) is 1.56. The number of hydrogen-bond donors (Lipinski definition) is 1. The summed E-state index contributed by atoms with van der Waals surface area (Å²) >= 11 is 0. The van der Waals surface area contributed by atoms with E-state index in [0.29, 0.717) is 6.10 Å². The molecule has 2 unspecified atom stereocenters. The fourth-order valence-corrected chi connectivity index (χ4v) is 1.56. The average molecular weight is 210 g/mol. The van der Waals surface area contributed by atoms with Gasteiger partial charge in [-0.25, -0.2) is 0 Å². The molecule has 2 atom stereocenters. The Hall–Kier alpha value is -0.600. The first-order valence-electron chi connectivity index (χ1n) is 5.61. The number of ether oxygens (including phenoxy) is 1. The van der Waals surface area contributed by atoms with Gasteiger partial charge >= 0.3 is 0 Å². The Morgan fingerprint density at radius 1 is 1.53 bits per heavy atom. The predicted molar refractivity (Wildman–Crippen MR) is 62.8 cm³/mol. The van der Waals surface area contributed by atoms with Crippen molar-refractivity contribution in [3.8, 4) is 0 Å². The molecular weight excluding hydrogens is 188 g/mol. The van der Waals surface area contributed by atoms with Crippen molar-refractivity contribution in [3.05, 3.63) is 23.8 Å². The van der Waals surface area contributed by atoms with Crippen LogP contribution in [-0.4, -0.2) is 22.9 Å². The van der Waals surface area contributed by atoms with Crippen molar-refractivity contribution >= 4 is 0 Å². The normalized spacial score (nSPS) is 27.0. The lowest BCUT2D eigenvalue weighted by atomic mass is 10.0. The van der Waals surface area contributed by atoms with Crippen molar-refractivity contribution < 1.29 is 9.84 Å². The summed E-state index contributed by atoms with van der Waals surface area (Å²) in [5, 5.41) is 9.03. The van der Waals surface area contributed by atoms with Gasteiger partial charge < -0.3 is 9.84 Å². The molecule has 0 aromatic heterocycles. The SMILES string of the molecule is CC(=CC=CC(C)O)CCC1OC1(C)C. The third-order valence-electron chi connectivity index (χ3n) is 2.74. The van der Waals surface area contributed by atoms with Crippen molar-refractivity contribution in [1.29, 1.82) is 0 Å². The largest absolute Gasteiger partial charge is 0.389 e. The molecule has 1 heterocycles. The monoisotopic (exact) mass is 210 g/mol. The molecule has 1 fully saturated rings. The van der Waals surface area contributed by atoms with Gasteiger partial charge in [0.1, 0.15) is 0 Å². The van der Waals surface area contributed by atoms with Crippen LogP contribution >= 0.6 is 0 Å². The molecule has 15 heavy (non-hydrogen) atoms. The third kappa shape index (κ3) is 4.63. The second-order valence-corrected chi connectivity index (χ2v) is 4.89. The van der Waals surface area contributed by atoms with Crippen molar-refractivity contribution in [1.82, 2.24) is 0 Å². The number of allylic oxidation sites excluding steroid dienone is 3. The van der Waals surface area contributed by atoms with Crippen molar-refractivity contribution in [2.75, 3.05) is 0 Å². The molecule has 86 valence electrons. The number of aliphatic hydroxyl groups is 1. The highest BCUT2D eigenvalue weighted by atomic mass is 16.6. The van der Waals surface area contributed by atoms with Gasteiger partial charge in [-0.15, -0.1) is 0 Å². The average Bonchev–Trinajstić information content (AvgIpc) is 2.70. The zero-order valence-corrected chi connectivity index (χ0v) is 10.2. The lowest BCUT2D eigenvalue weighted by molar-refractivity contribution is 0.244. The van der Waals surface area contributed by atoms with Crippen molar-refractivity contribution in [2.24, 2.45) is 0 Å². The second-order valence-electron chi connectivity index (χ2n) is 4.89. The summed E-state index contributed by atoms with van der Waals surface area (Å²) in [4.78, 5) is 0. The van der Waals surface area contributed by atoms with Gasteiger partial charge in [-0.1, -0.05) is 23.8 Å². The Morgan fingerprint density at radius 2 is 2.13 bits per heavy atom. The van der Waals surface area contributed by atoms with Gasteiger partial charge in [0.15, 0.2) is 0 Å². The number of hydrogen-bond acceptors (Lipinski definition) is 2. The molecule has 0 bridgehead atoms. The van der Waals surface area contributed by atoms with E-state index < -0.39 is 0 Å². The van der Waals surface area contributed by atoms with E-state index >= 15 is 0 Å². The Bertz CT molecular complexity index is 262. The van der Waals surface area contributed by atoms with Gasteiger partial charge in [0, 0.05) is 0 Å². The van der Waals surface area contributed by atoms with Crippen LogP contribution in [0.3, 0.4) is 0 Å². The Labute approximate surface area is 92.6 Å². The maximum atomic E-state index is 9.03. The van der Waals surface area contributed by atoms with E-state index in [1.54, 1.807) is 13.0 Å². The molecule has 1 N–H and O–H groups in total. The molecule has 0 radical (unpaired) electrons. The maximum Gasteiger partial charge on any atom is 0.0892 e. The topological polar surface area (TPSA) is 32.8 Å². The van der Waals surface area contributed by atoms with E-state index in [4.69, 9.17) is 9.84 Å². The van der Waals surface area contributed by atoms with Gasteiger partial charge in [-0.2, -0.15) is 0 Å². The summed E-state index contributed by atoms with van der Waals surface area (Å²) < 4.78 is 5.51. The zero-order chi connectivity index (χ0) is 11.5. The highest BCUT2D eigenvalue weighted by molar-refractivity contribution is 5.12. The van der Waals surface area contributed by atoms with Crippen LogP contribution in [0.2, 0.25) is 0 Å². The summed E-state index contributed by atoms with van der Waals surface area (Å²) in [6.45, 7) is 8.12. The van der Waals surface area contributed by atoms with Crippen LogP contribution in [0.15, 0.2) is 23.8 Å². The van der Waals surface area contributed by atoms with Crippen LogP contribution in [-0.2, 0) is 4.74 Å². The molecular formula is C13H22O2. The van der Waals surface area contributed by atoms with E-state index in [2.05, 4.69) is 26.8 Å². The number of rotatable bonds is 5. The van der Waals surface area contributed by atoms with E-state index in [-0.39, 0.29) is 11.7 Å². The van der Waals surface area contributed by atoms with Gasteiger partial charge in [-0.05, 0) is 40.5 Å². The molecule has 0 amide bonds. The Kier molecular flexibility index (Phi) is 4.12. The summed E-state index contributed by atoms with van der Waals surface area (Å²) in [7, 11) is 0. The van der Waals surface area contributed by atoms with Crippen LogP contribution in [0.25, 0.3) is 0 Å². The van der Waals surface area contributed by atoms with Crippen LogP contribution in [0, 0.1) is 0 Å². The minimum atomic E-state index is -0.361. The summed E-state index contributed by atoms with van der Waals surface area (Å²) in [6.07, 6.45) is 7.99. The standard InChI is InChI=1S/C13H22O2/c1-10(6-5-7-11(2)14)8-9-12-13(3,4)15-12/h5-7,11-12,14H,8-9H2,1-4H3. The minimum absolute atomic E-state index is 0.107. The first-order valence-corrected chi connectivity index (χ1v) is 5.61. The van der Waals surface area contributed by atoms with E-state index in [0.717, 1.165) is 12.8 Å². The highest BCUT2D eigenvalue weighted by Gasteiger charge is 2.46. The highest BCUT2D eigenvalue weighted by Crippen LogP contribution is 2.38. The second kappa shape index (κ2) is 4.95. The molecule has 1 saturated heterocycles. The molecule has 0 aliphatic carbocycles. The molecule has 0 aromatic carbocycles. The van der Waals surface area contributed by atoms with E-state index in [1.807, 2.05) is 6.08 Å².